The van der Waals surface area contributed by atoms with Crippen LogP contribution in [0.5, 0.6) is 11.5 Å². The van der Waals surface area contributed by atoms with Crippen LogP contribution in [0.15, 0.2) is 83.8 Å². The monoisotopic (exact) mass is 639 g/mol. The number of nitrogens with zero attached hydrogens (tertiary/aromatic N) is 2. The van der Waals surface area contributed by atoms with Gasteiger partial charge in [-0.2, -0.15) is 4.31 Å². The molecule has 0 spiro atoms. The fourth-order valence-electron chi connectivity index (χ4n) is 4.86. The second-order valence-corrected chi connectivity index (χ2v) is 12.2. The van der Waals surface area contributed by atoms with Crippen LogP contribution in [0.25, 0.3) is 0 Å². The summed E-state index contributed by atoms with van der Waals surface area (Å²) in [5.74, 6) is 0.252. The van der Waals surface area contributed by atoms with Crippen molar-refractivity contribution in [2.24, 2.45) is 0 Å². The summed E-state index contributed by atoms with van der Waals surface area (Å²) in [6, 6.07) is 21.4. The lowest BCUT2D eigenvalue weighted by Gasteiger charge is -2.31. The molecule has 3 aromatic rings. The minimum Gasteiger partial charge on any atom is -0.497 e. The molecule has 2 amide bonds. The molecule has 242 valence electrons. The Morgan fingerprint density at radius 1 is 0.956 bits per heavy atom. The first kappa shape index (κ1) is 33.9. The van der Waals surface area contributed by atoms with E-state index in [0.717, 1.165) is 5.56 Å². The van der Waals surface area contributed by atoms with E-state index in [1.165, 1.54) is 33.5 Å². The Labute approximate surface area is 265 Å². The Morgan fingerprint density at radius 3 is 2.27 bits per heavy atom. The van der Waals surface area contributed by atoms with E-state index in [1.807, 2.05) is 49.4 Å². The Bertz CT molecular complexity index is 1460. The molecule has 1 atom stereocenters. The number of rotatable bonds is 16. The molecule has 1 heterocycles. The van der Waals surface area contributed by atoms with Crippen LogP contribution in [0.3, 0.4) is 0 Å². The molecule has 3 aromatic carbocycles. The fourth-order valence-corrected chi connectivity index (χ4v) is 6.27. The standard InChI is InChI=1S/C33H41N3O8S/c1-3-42-21-7-18-34-33(38)32(27-8-5-4-6-9-27)36(24-26-10-12-28(41-2)13-11-26)31(37)25-44-29-14-16-30(17-15-29)45(39,40)35-19-22-43-23-20-35/h4-6,8-17,32H,3,7,18-25H2,1-2H3,(H,34,38)/t32-/m0/s1. The van der Waals surface area contributed by atoms with Crippen molar-refractivity contribution in [3.8, 4) is 11.5 Å². The lowest BCUT2D eigenvalue weighted by atomic mass is 10.0. The van der Waals surface area contributed by atoms with Crippen LogP contribution in [0.2, 0.25) is 0 Å². The molecule has 1 aliphatic rings. The van der Waals surface area contributed by atoms with Gasteiger partial charge < -0.3 is 29.2 Å². The van der Waals surface area contributed by atoms with Crippen molar-refractivity contribution in [3.63, 3.8) is 0 Å². The summed E-state index contributed by atoms with van der Waals surface area (Å²) in [6.45, 7) is 4.47. The molecule has 1 N–H and O–H groups in total. The third-order valence-corrected chi connectivity index (χ3v) is 9.18. The average Bonchev–Trinajstić information content (AvgIpc) is 3.08. The summed E-state index contributed by atoms with van der Waals surface area (Å²) >= 11 is 0. The molecule has 0 aromatic heterocycles. The van der Waals surface area contributed by atoms with Gasteiger partial charge >= 0.3 is 0 Å². The first-order valence-electron chi connectivity index (χ1n) is 15.0. The number of carbonyl (C=O) groups excluding carboxylic acids is 2. The number of carbonyl (C=O) groups is 2. The SMILES string of the molecule is CCOCCCNC(=O)[C@H](c1ccccc1)N(Cc1ccc(OC)cc1)C(=O)COc1ccc(S(=O)(=O)N2CCOCC2)cc1. The second kappa shape index (κ2) is 16.9. The predicted molar refractivity (Wildman–Crippen MR) is 168 cm³/mol. The Morgan fingerprint density at radius 2 is 1.62 bits per heavy atom. The Hall–Kier alpha value is -3.97. The summed E-state index contributed by atoms with van der Waals surface area (Å²) < 4.78 is 49.1. The summed E-state index contributed by atoms with van der Waals surface area (Å²) in [4.78, 5) is 29.2. The normalized spacial score (nSPS) is 14.4. The van der Waals surface area contributed by atoms with Crippen LogP contribution in [0.4, 0.5) is 0 Å². The number of ether oxygens (including phenoxy) is 4. The highest BCUT2D eigenvalue weighted by Gasteiger charge is 2.32. The molecule has 0 saturated carbocycles. The molecule has 0 aliphatic carbocycles. The minimum absolute atomic E-state index is 0.134. The Balaban J connectivity index is 1.53. The van der Waals surface area contributed by atoms with E-state index in [-0.39, 0.29) is 24.0 Å². The van der Waals surface area contributed by atoms with E-state index in [9.17, 15) is 18.0 Å². The van der Waals surface area contributed by atoms with Crippen molar-refractivity contribution in [2.75, 3.05) is 59.8 Å². The van der Waals surface area contributed by atoms with Crippen molar-refractivity contribution < 1.29 is 37.0 Å². The lowest BCUT2D eigenvalue weighted by Crippen LogP contribution is -2.45. The number of methoxy groups -OCH3 is 1. The molecule has 11 nitrogen and oxygen atoms in total. The number of nitrogens with one attached hydrogen (secondary N) is 1. The van der Waals surface area contributed by atoms with E-state index in [0.29, 0.717) is 69.5 Å². The molecule has 45 heavy (non-hydrogen) atoms. The van der Waals surface area contributed by atoms with Gasteiger partial charge in [-0.1, -0.05) is 42.5 Å². The van der Waals surface area contributed by atoms with Gasteiger partial charge in [-0.25, -0.2) is 8.42 Å². The van der Waals surface area contributed by atoms with Crippen molar-refractivity contribution in [3.05, 3.63) is 90.0 Å². The first-order chi connectivity index (χ1) is 21.8. The fraction of sp³-hybridized carbons (Fsp3) is 0.394. The van der Waals surface area contributed by atoms with E-state index >= 15 is 0 Å². The summed E-state index contributed by atoms with van der Waals surface area (Å²) in [6.07, 6.45) is 0.633. The van der Waals surface area contributed by atoms with Crippen molar-refractivity contribution in [1.82, 2.24) is 14.5 Å². The number of hydrogen-bond acceptors (Lipinski definition) is 8. The summed E-state index contributed by atoms with van der Waals surface area (Å²) in [5, 5.41) is 2.96. The molecule has 0 radical (unpaired) electrons. The van der Waals surface area contributed by atoms with Crippen LogP contribution in [-0.2, 0) is 35.6 Å². The molecule has 0 bridgehead atoms. The zero-order valence-corrected chi connectivity index (χ0v) is 26.5. The number of hydrogen-bond donors (Lipinski definition) is 1. The molecule has 4 rings (SSSR count). The third-order valence-electron chi connectivity index (χ3n) is 7.27. The van der Waals surface area contributed by atoms with E-state index in [1.54, 1.807) is 19.2 Å². The van der Waals surface area contributed by atoms with Crippen molar-refractivity contribution in [1.29, 1.82) is 0 Å². The van der Waals surface area contributed by atoms with Crippen LogP contribution in [-0.4, -0.2) is 89.2 Å². The molecule has 0 unspecified atom stereocenters. The smallest absolute Gasteiger partial charge is 0.261 e. The van der Waals surface area contributed by atoms with Gasteiger partial charge in [-0.3, -0.25) is 9.59 Å². The van der Waals surface area contributed by atoms with Gasteiger partial charge in [0.05, 0.1) is 25.2 Å². The van der Waals surface area contributed by atoms with Crippen molar-refractivity contribution in [2.45, 2.75) is 30.8 Å². The minimum atomic E-state index is -3.67. The highest BCUT2D eigenvalue weighted by atomic mass is 32.2. The van der Waals surface area contributed by atoms with Gasteiger partial charge in [0.25, 0.3) is 5.91 Å². The van der Waals surface area contributed by atoms with Crippen LogP contribution in [0.1, 0.15) is 30.5 Å². The van der Waals surface area contributed by atoms with Gasteiger partial charge in [0.1, 0.15) is 17.5 Å². The van der Waals surface area contributed by atoms with Crippen molar-refractivity contribution >= 4 is 21.8 Å². The maximum absolute atomic E-state index is 13.9. The molecule has 1 saturated heterocycles. The molecular weight excluding hydrogens is 598 g/mol. The third kappa shape index (κ3) is 9.51. The highest BCUT2D eigenvalue weighted by molar-refractivity contribution is 7.89. The Kier molecular flexibility index (Phi) is 12.8. The summed E-state index contributed by atoms with van der Waals surface area (Å²) in [7, 11) is -2.09. The largest absolute Gasteiger partial charge is 0.497 e. The number of sulfonamides is 1. The predicted octanol–water partition coefficient (Wildman–Crippen LogP) is 3.41. The number of amides is 2. The topological polar surface area (TPSA) is 124 Å². The van der Waals surface area contributed by atoms with Gasteiger partial charge in [0.2, 0.25) is 15.9 Å². The number of benzene rings is 3. The summed E-state index contributed by atoms with van der Waals surface area (Å²) in [5.41, 5.74) is 1.45. The van der Waals surface area contributed by atoms with E-state index in [4.69, 9.17) is 18.9 Å². The molecule has 1 fully saturated rings. The highest BCUT2D eigenvalue weighted by Crippen LogP contribution is 2.26. The second-order valence-electron chi connectivity index (χ2n) is 10.3. The molecule has 1 aliphatic heterocycles. The van der Waals surface area contributed by atoms with E-state index in [2.05, 4.69) is 5.32 Å². The zero-order valence-electron chi connectivity index (χ0n) is 25.7. The van der Waals surface area contributed by atoms with Crippen LogP contribution < -0.4 is 14.8 Å². The maximum atomic E-state index is 13.9. The maximum Gasteiger partial charge on any atom is 0.261 e. The van der Waals surface area contributed by atoms with Crippen LogP contribution >= 0.6 is 0 Å². The van der Waals surface area contributed by atoms with Gasteiger partial charge in [-0.05, 0) is 60.9 Å². The van der Waals surface area contributed by atoms with Gasteiger partial charge in [-0.15, -0.1) is 0 Å². The van der Waals surface area contributed by atoms with Gasteiger partial charge in [0.15, 0.2) is 6.61 Å². The first-order valence-corrected chi connectivity index (χ1v) is 16.4. The molecule has 12 heteroatoms. The quantitative estimate of drug-likeness (QED) is 0.237. The lowest BCUT2D eigenvalue weighted by molar-refractivity contribution is -0.143. The average molecular weight is 640 g/mol. The number of morpholine rings is 1. The van der Waals surface area contributed by atoms with Crippen LogP contribution in [0, 0.1) is 0 Å². The van der Waals surface area contributed by atoms with E-state index < -0.39 is 22.0 Å². The molecular formula is C33H41N3O8S. The zero-order chi connectivity index (χ0) is 32.1. The van der Waals surface area contributed by atoms with Gasteiger partial charge in [0, 0.05) is 39.4 Å².